The van der Waals surface area contributed by atoms with Gasteiger partial charge in [0.15, 0.2) is 17.3 Å². The van der Waals surface area contributed by atoms with Crippen molar-refractivity contribution in [2.45, 2.75) is 19.6 Å². The Hall–Kier alpha value is -3.44. The highest BCUT2D eigenvalue weighted by Crippen LogP contribution is 2.35. The van der Waals surface area contributed by atoms with Gasteiger partial charge in [0.2, 0.25) is 0 Å². The van der Waals surface area contributed by atoms with Crippen molar-refractivity contribution in [3.05, 3.63) is 94.5 Å². The van der Waals surface area contributed by atoms with Crippen LogP contribution >= 0.6 is 0 Å². The summed E-state index contributed by atoms with van der Waals surface area (Å²) in [6, 6.07) is 21.6. The first-order valence-corrected chi connectivity index (χ1v) is 9.91. The van der Waals surface area contributed by atoms with Crippen LogP contribution in [0.25, 0.3) is 0 Å². The zero-order valence-corrected chi connectivity index (χ0v) is 16.9. The van der Waals surface area contributed by atoms with Crippen molar-refractivity contribution in [2.24, 2.45) is 10.7 Å². The molecule has 0 spiro atoms. The largest absolute Gasteiger partial charge is 0.493 e. The second kappa shape index (κ2) is 8.93. The van der Waals surface area contributed by atoms with Crippen LogP contribution in [-0.2, 0) is 19.6 Å². The van der Waals surface area contributed by atoms with Crippen molar-refractivity contribution in [3.8, 4) is 11.5 Å². The Morgan fingerprint density at radius 1 is 1.00 bits per heavy atom. The quantitative estimate of drug-likeness (QED) is 0.581. The van der Waals surface area contributed by atoms with Gasteiger partial charge < -0.3 is 15.2 Å². The third kappa shape index (κ3) is 4.26. The van der Waals surface area contributed by atoms with Crippen LogP contribution in [-0.4, -0.2) is 25.1 Å². The zero-order valence-electron chi connectivity index (χ0n) is 16.9. The lowest BCUT2D eigenvalue weighted by Crippen LogP contribution is -2.13. The van der Waals surface area contributed by atoms with Gasteiger partial charge in [0.25, 0.3) is 0 Å². The lowest BCUT2D eigenvalue weighted by Gasteiger charge is -2.14. The van der Waals surface area contributed by atoms with Crippen LogP contribution in [0, 0.1) is 0 Å². The van der Waals surface area contributed by atoms with Gasteiger partial charge in [-0.3, -0.25) is 9.79 Å². The summed E-state index contributed by atoms with van der Waals surface area (Å²) in [7, 11) is 1.65. The van der Waals surface area contributed by atoms with E-state index < -0.39 is 0 Å². The molecule has 0 amide bonds. The second-order valence-electron chi connectivity index (χ2n) is 7.20. The second-order valence-corrected chi connectivity index (χ2v) is 7.20. The molecule has 0 atom stereocenters. The smallest absolute Gasteiger partial charge is 0.176 e. The Morgan fingerprint density at radius 2 is 1.77 bits per heavy atom. The molecule has 0 aromatic heterocycles. The molecule has 0 radical (unpaired) electrons. The molecule has 0 saturated carbocycles. The lowest BCUT2D eigenvalue weighted by atomic mass is 9.98. The van der Waals surface area contributed by atoms with Crippen LogP contribution in [0.2, 0.25) is 0 Å². The van der Waals surface area contributed by atoms with E-state index in [2.05, 4.69) is 0 Å². The van der Waals surface area contributed by atoms with Crippen LogP contribution in [0.4, 0.5) is 0 Å². The number of hydrogen-bond acceptors (Lipinski definition) is 5. The highest BCUT2D eigenvalue weighted by molar-refractivity contribution is 6.05. The molecule has 0 saturated heterocycles. The van der Waals surface area contributed by atoms with Crippen LogP contribution in [0.1, 0.15) is 32.6 Å². The molecular weight excluding hydrogens is 376 g/mol. The molecule has 3 aromatic rings. The number of nitrogens with two attached hydrogens (primary N) is 1. The van der Waals surface area contributed by atoms with Crippen LogP contribution in [0.15, 0.2) is 71.7 Å². The van der Waals surface area contributed by atoms with Gasteiger partial charge in [-0.2, -0.15) is 0 Å². The normalized spacial score (nSPS) is 12.3. The van der Waals surface area contributed by atoms with Crippen molar-refractivity contribution in [1.29, 1.82) is 0 Å². The molecule has 3 aromatic carbocycles. The number of carbonyl (C=O) groups excluding carboxylic acids is 1. The number of aliphatic imine (C=N–C) groups is 1. The van der Waals surface area contributed by atoms with E-state index in [1.54, 1.807) is 7.11 Å². The summed E-state index contributed by atoms with van der Waals surface area (Å²) in [6.07, 6.45) is 0.692. The molecule has 0 aliphatic carbocycles. The number of rotatable bonds is 8. The molecule has 0 fully saturated rings. The Bertz CT molecular complexity index is 1070. The van der Waals surface area contributed by atoms with E-state index in [9.17, 15) is 4.79 Å². The van der Waals surface area contributed by atoms with Crippen molar-refractivity contribution in [2.75, 3.05) is 13.7 Å². The van der Waals surface area contributed by atoms with Crippen molar-refractivity contribution < 1.29 is 14.3 Å². The average Bonchev–Trinajstić information content (AvgIpc) is 3.19. The van der Waals surface area contributed by atoms with E-state index in [4.69, 9.17) is 20.2 Å². The third-order valence-corrected chi connectivity index (χ3v) is 5.21. The van der Waals surface area contributed by atoms with Gasteiger partial charge in [-0.1, -0.05) is 54.6 Å². The topological polar surface area (TPSA) is 73.9 Å². The third-order valence-electron chi connectivity index (χ3n) is 5.21. The molecule has 1 aliphatic rings. The molecule has 0 unspecified atom stereocenters. The predicted octanol–water partition coefficient (Wildman–Crippen LogP) is 3.96. The molecule has 5 nitrogen and oxygen atoms in total. The summed E-state index contributed by atoms with van der Waals surface area (Å²) < 4.78 is 11.6. The van der Waals surface area contributed by atoms with Gasteiger partial charge in [-0.05, 0) is 28.8 Å². The van der Waals surface area contributed by atoms with E-state index in [1.165, 1.54) is 0 Å². The van der Waals surface area contributed by atoms with Gasteiger partial charge in [0, 0.05) is 23.3 Å². The van der Waals surface area contributed by atoms with Crippen LogP contribution < -0.4 is 15.2 Å². The maximum absolute atomic E-state index is 11.7. The zero-order chi connectivity index (χ0) is 20.9. The summed E-state index contributed by atoms with van der Waals surface area (Å²) in [5.74, 6) is 1.36. The summed E-state index contributed by atoms with van der Waals surface area (Å²) in [4.78, 5) is 16.4. The Kier molecular flexibility index (Phi) is 5.91. The van der Waals surface area contributed by atoms with Crippen LogP contribution in [0.3, 0.4) is 0 Å². The van der Waals surface area contributed by atoms with Gasteiger partial charge in [0.05, 0.1) is 20.2 Å². The fraction of sp³-hybridized carbons (Fsp3) is 0.200. The molecule has 1 heterocycles. The summed E-state index contributed by atoms with van der Waals surface area (Å²) >= 11 is 0. The highest BCUT2D eigenvalue weighted by Gasteiger charge is 2.20. The summed E-state index contributed by atoms with van der Waals surface area (Å²) in [6.45, 7) is 1.13. The molecule has 152 valence electrons. The maximum Gasteiger partial charge on any atom is 0.176 e. The minimum absolute atomic E-state index is 0.0217. The molecular formula is C25H24N2O3. The van der Waals surface area contributed by atoms with Crippen molar-refractivity contribution in [3.63, 3.8) is 0 Å². The first-order chi connectivity index (χ1) is 14.7. The SMILES string of the molecule is COc1cc2c(cc1OCc1ccccc1)CN=C2Cc1ccc(C(=O)CN)cc1. The minimum atomic E-state index is -0.0575. The number of methoxy groups -OCH3 is 1. The fourth-order valence-electron chi connectivity index (χ4n) is 3.55. The molecule has 5 heteroatoms. The molecule has 4 rings (SSSR count). The number of hydrogen-bond donors (Lipinski definition) is 1. The van der Waals surface area contributed by atoms with E-state index >= 15 is 0 Å². The Labute approximate surface area is 176 Å². The van der Waals surface area contributed by atoms with Gasteiger partial charge in [0.1, 0.15) is 6.61 Å². The number of ether oxygens (including phenoxy) is 2. The summed E-state index contributed by atoms with van der Waals surface area (Å²) in [5, 5.41) is 0. The monoisotopic (exact) mass is 400 g/mol. The Balaban J connectivity index is 1.50. The van der Waals surface area contributed by atoms with Gasteiger partial charge >= 0.3 is 0 Å². The number of ketones is 1. The fourth-order valence-corrected chi connectivity index (χ4v) is 3.55. The molecule has 2 N–H and O–H groups in total. The van der Waals surface area contributed by atoms with E-state index in [1.807, 2.05) is 66.7 Å². The van der Waals surface area contributed by atoms with E-state index in [0.717, 1.165) is 33.7 Å². The number of fused-ring (bicyclic) bond motifs is 1. The molecule has 0 bridgehead atoms. The van der Waals surface area contributed by atoms with Gasteiger partial charge in [-0.15, -0.1) is 0 Å². The average molecular weight is 400 g/mol. The predicted molar refractivity (Wildman–Crippen MR) is 118 cm³/mol. The Morgan fingerprint density at radius 3 is 2.47 bits per heavy atom. The first-order valence-electron chi connectivity index (χ1n) is 9.91. The standard InChI is InChI=1S/C25H24N2O3/c1-29-24-13-21-20(12-25(24)30-16-18-5-3-2-4-6-18)15-27-22(21)11-17-7-9-19(10-8-17)23(28)14-26/h2-10,12-13H,11,14-16,26H2,1H3. The van der Waals surface area contributed by atoms with E-state index in [0.29, 0.717) is 30.9 Å². The minimum Gasteiger partial charge on any atom is -0.493 e. The van der Waals surface area contributed by atoms with E-state index in [-0.39, 0.29) is 12.3 Å². The van der Waals surface area contributed by atoms with Crippen LogP contribution in [0.5, 0.6) is 11.5 Å². The number of Topliss-reactive ketones (excluding diaryl/α,β-unsaturated/α-hetero) is 1. The first kappa shape index (κ1) is 19.9. The van der Waals surface area contributed by atoms with Gasteiger partial charge in [-0.25, -0.2) is 0 Å². The molecule has 1 aliphatic heterocycles. The number of nitrogens with zero attached hydrogens (tertiary/aromatic N) is 1. The molecule has 30 heavy (non-hydrogen) atoms. The summed E-state index contributed by atoms with van der Waals surface area (Å²) in [5.41, 5.74) is 11.5. The number of benzene rings is 3. The van der Waals surface area contributed by atoms with Crippen molar-refractivity contribution >= 4 is 11.5 Å². The van der Waals surface area contributed by atoms with Crippen molar-refractivity contribution in [1.82, 2.24) is 0 Å². The number of carbonyl (C=O) groups is 1. The highest BCUT2D eigenvalue weighted by atomic mass is 16.5. The maximum atomic E-state index is 11.7. The lowest BCUT2D eigenvalue weighted by molar-refractivity contribution is 0.100.